The van der Waals surface area contributed by atoms with Crippen LogP contribution < -0.4 is 29.0 Å². The van der Waals surface area contributed by atoms with E-state index in [0.29, 0.717) is 45.6 Å². The molecule has 3 aromatic rings. The number of anilines is 1. The normalized spacial score (nSPS) is 10.2. The van der Waals surface area contributed by atoms with Crippen LogP contribution in [0.2, 0.25) is 0 Å². The Hall–Kier alpha value is -3.94. The quantitative estimate of drug-likeness (QED) is 0.584. The van der Waals surface area contributed by atoms with Crippen molar-refractivity contribution >= 4 is 11.6 Å². The number of nitrogens with one attached hydrogen (secondary N) is 1. The first-order valence-corrected chi connectivity index (χ1v) is 9.33. The lowest BCUT2D eigenvalue weighted by Crippen LogP contribution is -2.13. The Morgan fingerprint density at radius 1 is 0.742 bits per heavy atom. The Morgan fingerprint density at radius 3 is 2.00 bits per heavy atom. The van der Waals surface area contributed by atoms with Crippen LogP contribution in [0.3, 0.4) is 0 Å². The van der Waals surface area contributed by atoms with Gasteiger partial charge in [0, 0.05) is 24.0 Å². The van der Waals surface area contributed by atoms with Crippen LogP contribution in [0.5, 0.6) is 28.7 Å². The lowest BCUT2D eigenvalue weighted by atomic mass is 10.0. The molecule has 31 heavy (non-hydrogen) atoms. The first kappa shape index (κ1) is 21.8. The Morgan fingerprint density at radius 2 is 1.42 bits per heavy atom. The number of amides is 1. The van der Waals surface area contributed by atoms with Crippen molar-refractivity contribution in [2.24, 2.45) is 0 Å². The molecular weight excluding hydrogens is 400 g/mol. The molecule has 0 aliphatic carbocycles. The smallest absolute Gasteiger partial charge is 0.257 e. The molecule has 0 bridgehead atoms. The molecule has 8 heteroatoms. The predicted molar refractivity (Wildman–Crippen MR) is 117 cm³/mol. The number of benzene rings is 2. The van der Waals surface area contributed by atoms with Gasteiger partial charge in [0.1, 0.15) is 11.5 Å². The van der Waals surface area contributed by atoms with Crippen LogP contribution in [0.15, 0.2) is 48.8 Å². The molecule has 0 saturated carbocycles. The molecule has 0 atom stereocenters. The fourth-order valence-electron chi connectivity index (χ4n) is 3.07. The standard InChI is InChI=1S/C23H24N2O6/c1-27-17-6-7-18(19(11-17)28-2)25-23(26)16-8-15(12-24-13-16)14-9-20(29-3)22(31-5)21(10-14)30-4/h6-13H,1-5H3,(H,25,26). The topological polar surface area (TPSA) is 88.1 Å². The minimum atomic E-state index is -0.328. The number of rotatable bonds is 8. The maximum absolute atomic E-state index is 12.9. The molecule has 2 aromatic carbocycles. The third kappa shape index (κ3) is 4.63. The van der Waals surface area contributed by atoms with Gasteiger partial charge < -0.3 is 29.0 Å². The first-order valence-electron chi connectivity index (χ1n) is 9.33. The fraction of sp³-hybridized carbons (Fsp3) is 0.217. The second-order valence-corrected chi connectivity index (χ2v) is 6.40. The zero-order chi connectivity index (χ0) is 22.4. The third-order valence-corrected chi connectivity index (χ3v) is 4.66. The van der Waals surface area contributed by atoms with E-state index in [9.17, 15) is 4.79 Å². The summed E-state index contributed by atoms with van der Waals surface area (Å²) in [5, 5.41) is 2.84. The number of nitrogens with zero attached hydrogens (tertiary/aromatic N) is 1. The lowest BCUT2D eigenvalue weighted by Gasteiger charge is -2.15. The number of pyridine rings is 1. The maximum Gasteiger partial charge on any atom is 0.257 e. The van der Waals surface area contributed by atoms with E-state index in [1.54, 1.807) is 71.0 Å². The molecule has 0 radical (unpaired) electrons. The van der Waals surface area contributed by atoms with Gasteiger partial charge in [-0.3, -0.25) is 9.78 Å². The molecule has 1 N–H and O–H groups in total. The number of hydrogen-bond donors (Lipinski definition) is 1. The highest BCUT2D eigenvalue weighted by Gasteiger charge is 2.16. The predicted octanol–water partition coefficient (Wildman–Crippen LogP) is 4.04. The fourth-order valence-corrected chi connectivity index (χ4v) is 3.07. The van der Waals surface area contributed by atoms with Crippen LogP contribution >= 0.6 is 0 Å². The second kappa shape index (κ2) is 9.71. The molecule has 0 saturated heterocycles. The molecule has 0 spiro atoms. The van der Waals surface area contributed by atoms with Gasteiger partial charge in [-0.05, 0) is 35.9 Å². The van der Waals surface area contributed by atoms with Gasteiger partial charge >= 0.3 is 0 Å². The van der Waals surface area contributed by atoms with Gasteiger partial charge in [0.25, 0.3) is 5.91 Å². The second-order valence-electron chi connectivity index (χ2n) is 6.40. The molecule has 0 unspecified atom stereocenters. The van der Waals surface area contributed by atoms with E-state index in [-0.39, 0.29) is 5.91 Å². The molecule has 0 fully saturated rings. The van der Waals surface area contributed by atoms with E-state index in [1.165, 1.54) is 13.3 Å². The summed E-state index contributed by atoms with van der Waals surface area (Å²) in [6, 6.07) is 10.5. The number of carbonyl (C=O) groups is 1. The van der Waals surface area contributed by atoms with E-state index in [4.69, 9.17) is 23.7 Å². The zero-order valence-electron chi connectivity index (χ0n) is 18.0. The summed E-state index contributed by atoms with van der Waals surface area (Å²) in [6.07, 6.45) is 3.15. The third-order valence-electron chi connectivity index (χ3n) is 4.66. The maximum atomic E-state index is 12.9. The van der Waals surface area contributed by atoms with Crippen molar-refractivity contribution in [1.29, 1.82) is 0 Å². The number of methoxy groups -OCH3 is 5. The molecular formula is C23H24N2O6. The van der Waals surface area contributed by atoms with Crippen molar-refractivity contribution in [2.75, 3.05) is 40.9 Å². The summed E-state index contributed by atoms with van der Waals surface area (Å²) in [4.78, 5) is 17.1. The summed E-state index contributed by atoms with van der Waals surface area (Å²) >= 11 is 0. The number of carbonyl (C=O) groups excluding carboxylic acids is 1. The molecule has 0 aliphatic heterocycles. The van der Waals surface area contributed by atoms with E-state index in [2.05, 4.69) is 10.3 Å². The molecule has 1 amide bonds. The molecule has 8 nitrogen and oxygen atoms in total. The molecule has 162 valence electrons. The van der Waals surface area contributed by atoms with Gasteiger partial charge in [0.2, 0.25) is 5.75 Å². The van der Waals surface area contributed by atoms with Crippen LogP contribution in [-0.2, 0) is 0 Å². The van der Waals surface area contributed by atoms with E-state index in [0.717, 1.165) is 5.56 Å². The van der Waals surface area contributed by atoms with Gasteiger partial charge in [-0.1, -0.05) is 0 Å². The number of hydrogen-bond acceptors (Lipinski definition) is 7. The molecule has 1 heterocycles. The minimum absolute atomic E-state index is 0.328. The van der Waals surface area contributed by atoms with Crippen LogP contribution in [0.4, 0.5) is 5.69 Å². The van der Waals surface area contributed by atoms with Gasteiger partial charge in [0.05, 0.1) is 46.8 Å². The SMILES string of the molecule is COc1ccc(NC(=O)c2cncc(-c3cc(OC)c(OC)c(OC)c3)c2)c(OC)c1. The number of ether oxygens (including phenoxy) is 5. The van der Waals surface area contributed by atoms with Gasteiger partial charge in [0.15, 0.2) is 11.5 Å². The van der Waals surface area contributed by atoms with E-state index >= 15 is 0 Å². The van der Waals surface area contributed by atoms with E-state index in [1.807, 2.05) is 0 Å². The molecule has 3 rings (SSSR count). The van der Waals surface area contributed by atoms with Crippen LogP contribution in [0.25, 0.3) is 11.1 Å². The largest absolute Gasteiger partial charge is 0.497 e. The highest BCUT2D eigenvalue weighted by atomic mass is 16.5. The lowest BCUT2D eigenvalue weighted by molar-refractivity contribution is 0.102. The van der Waals surface area contributed by atoms with Crippen molar-refractivity contribution in [3.05, 3.63) is 54.4 Å². The van der Waals surface area contributed by atoms with Crippen molar-refractivity contribution in [3.8, 4) is 39.9 Å². The molecule has 1 aromatic heterocycles. The van der Waals surface area contributed by atoms with Crippen molar-refractivity contribution in [3.63, 3.8) is 0 Å². The summed E-state index contributed by atoms with van der Waals surface area (Å²) in [5.41, 5.74) is 2.38. The molecule has 0 aliphatic rings. The summed E-state index contributed by atoms with van der Waals surface area (Å²) < 4.78 is 26.7. The Kier molecular flexibility index (Phi) is 6.81. The minimum Gasteiger partial charge on any atom is -0.497 e. The summed E-state index contributed by atoms with van der Waals surface area (Å²) in [5.74, 6) is 2.29. The number of aromatic nitrogens is 1. The zero-order valence-corrected chi connectivity index (χ0v) is 18.0. The first-order chi connectivity index (χ1) is 15.0. The Balaban J connectivity index is 1.93. The van der Waals surface area contributed by atoms with Gasteiger partial charge in [-0.15, -0.1) is 0 Å². The summed E-state index contributed by atoms with van der Waals surface area (Å²) in [7, 11) is 7.72. The summed E-state index contributed by atoms with van der Waals surface area (Å²) in [6.45, 7) is 0. The van der Waals surface area contributed by atoms with Gasteiger partial charge in [-0.25, -0.2) is 0 Å². The highest BCUT2D eigenvalue weighted by molar-refractivity contribution is 6.05. The monoisotopic (exact) mass is 424 g/mol. The van der Waals surface area contributed by atoms with Crippen LogP contribution in [0.1, 0.15) is 10.4 Å². The highest BCUT2D eigenvalue weighted by Crippen LogP contribution is 2.41. The Bertz CT molecular complexity index is 1060. The average molecular weight is 424 g/mol. The average Bonchev–Trinajstić information content (AvgIpc) is 2.83. The van der Waals surface area contributed by atoms with Gasteiger partial charge in [-0.2, -0.15) is 0 Å². The van der Waals surface area contributed by atoms with Crippen molar-refractivity contribution < 1.29 is 28.5 Å². The van der Waals surface area contributed by atoms with Crippen molar-refractivity contribution in [2.45, 2.75) is 0 Å². The van der Waals surface area contributed by atoms with E-state index < -0.39 is 0 Å². The Labute approximate surface area is 180 Å². The van der Waals surface area contributed by atoms with Crippen molar-refractivity contribution in [1.82, 2.24) is 4.98 Å². The van der Waals surface area contributed by atoms with Crippen LogP contribution in [-0.4, -0.2) is 46.4 Å². The van der Waals surface area contributed by atoms with Crippen LogP contribution in [0, 0.1) is 0 Å².